The lowest BCUT2D eigenvalue weighted by Gasteiger charge is -2.29. The van der Waals surface area contributed by atoms with Gasteiger partial charge >= 0.3 is 5.97 Å². The first kappa shape index (κ1) is 27.2. The molecule has 0 aliphatic carbocycles. The number of aliphatic hydroxyl groups is 1. The number of hydrogen-bond donors (Lipinski definition) is 6. The van der Waals surface area contributed by atoms with Crippen molar-refractivity contribution in [2.24, 2.45) is 11.7 Å². The van der Waals surface area contributed by atoms with Crippen LogP contribution in [0.1, 0.15) is 38.7 Å². The Morgan fingerprint density at radius 3 is 2.58 bits per heavy atom. The lowest BCUT2D eigenvalue weighted by molar-refractivity contribution is -0.143. The molecule has 3 rings (SSSR count). The van der Waals surface area contributed by atoms with Gasteiger partial charge in [0, 0.05) is 30.1 Å². The minimum Gasteiger partial charge on any atom is -0.480 e. The molecule has 7 N–H and O–H groups in total. The number of likely N-dealkylation sites (tertiary alicyclic amines) is 1. The second kappa shape index (κ2) is 12.0. The Kier molecular flexibility index (Phi) is 9.05. The number of nitrogens with zero attached hydrogens (tertiary/aromatic N) is 1. The monoisotopic (exact) mass is 501 g/mol. The second-order valence-electron chi connectivity index (χ2n) is 9.31. The van der Waals surface area contributed by atoms with E-state index in [2.05, 4.69) is 15.6 Å². The summed E-state index contributed by atoms with van der Waals surface area (Å²) in [4.78, 5) is 55.0. The number of aliphatic carboxylic acids is 1. The number of amides is 3. The number of H-pyrrole nitrogens is 1. The van der Waals surface area contributed by atoms with Gasteiger partial charge in [-0.2, -0.15) is 0 Å². The van der Waals surface area contributed by atoms with E-state index < -0.39 is 48.6 Å². The molecule has 0 saturated carbocycles. The Morgan fingerprint density at radius 1 is 1.19 bits per heavy atom. The summed E-state index contributed by atoms with van der Waals surface area (Å²) in [5.74, 6) is -3.04. The highest BCUT2D eigenvalue weighted by Crippen LogP contribution is 2.21. The molecule has 11 nitrogen and oxygen atoms in total. The molecule has 2 heterocycles. The highest BCUT2D eigenvalue weighted by molar-refractivity contribution is 5.94. The molecule has 1 saturated heterocycles. The van der Waals surface area contributed by atoms with E-state index in [0.717, 1.165) is 10.9 Å². The van der Waals surface area contributed by atoms with Crippen molar-refractivity contribution in [2.45, 2.75) is 63.7 Å². The van der Waals surface area contributed by atoms with Gasteiger partial charge in [-0.1, -0.05) is 38.5 Å². The number of rotatable bonds is 11. The summed E-state index contributed by atoms with van der Waals surface area (Å²) in [5.41, 5.74) is 7.63. The van der Waals surface area contributed by atoms with Gasteiger partial charge in [0.25, 0.3) is 0 Å². The van der Waals surface area contributed by atoms with Gasteiger partial charge in [0.1, 0.15) is 18.1 Å². The van der Waals surface area contributed by atoms with Crippen LogP contribution in [0.5, 0.6) is 0 Å². The van der Waals surface area contributed by atoms with Crippen LogP contribution in [0.3, 0.4) is 0 Å². The zero-order valence-electron chi connectivity index (χ0n) is 20.6. The summed E-state index contributed by atoms with van der Waals surface area (Å²) in [5, 5.41) is 25.2. The largest absolute Gasteiger partial charge is 0.480 e. The maximum Gasteiger partial charge on any atom is 0.326 e. The highest BCUT2D eigenvalue weighted by Gasteiger charge is 2.38. The molecule has 1 aromatic carbocycles. The fourth-order valence-corrected chi connectivity index (χ4v) is 4.45. The predicted molar refractivity (Wildman–Crippen MR) is 133 cm³/mol. The van der Waals surface area contributed by atoms with E-state index in [1.165, 1.54) is 4.90 Å². The van der Waals surface area contributed by atoms with Gasteiger partial charge in [0.15, 0.2) is 0 Å². The highest BCUT2D eigenvalue weighted by atomic mass is 16.4. The van der Waals surface area contributed by atoms with Crippen molar-refractivity contribution < 1.29 is 29.4 Å². The summed E-state index contributed by atoms with van der Waals surface area (Å²) >= 11 is 0. The third-order valence-electron chi connectivity index (χ3n) is 6.91. The topological polar surface area (TPSA) is 178 Å². The molecule has 3 amide bonds. The number of carbonyl (C=O) groups is 4. The van der Waals surface area contributed by atoms with Crippen molar-refractivity contribution in [1.29, 1.82) is 0 Å². The van der Waals surface area contributed by atoms with Crippen LogP contribution in [0.15, 0.2) is 30.5 Å². The molecule has 5 atom stereocenters. The number of nitrogens with two attached hydrogens (primary N) is 1. The first-order chi connectivity index (χ1) is 17.2. The number of carboxylic acid groups (broad SMARTS) is 1. The molecule has 1 fully saturated rings. The Morgan fingerprint density at radius 2 is 1.92 bits per heavy atom. The molecular formula is C25H35N5O6. The van der Waals surface area contributed by atoms with Crippen LogP contribution >= 0.6 is 0 Å². The third kappa shape index (κ3) is 6.03. The Labute approximate surface area is 209 Å². The third-order valence-corrected chi connectivity index (χ3v) is 6.91. The van der Waals surface area contributed by atoms with Gasteiger partial charge in [-0.05, 0) is 30.4 Å². The number of carbonyl (C=O) groups excluding carboxylic acids is 3. The second-order valence-corrected chi connectivity index (χ2v) is 9.31. The smallest absolute Gasteiger partial charge is 0.326 e. The number of nitrogens with one attached hydrogen (secondary N) is 3. The van der Waals surface area contributed by atoms with Crippen molar-refractivity contribution in [3.63, 3.8) is 0 Å². The molecule has 1 aliphatic heterocycles. The summed E-state index contributed by atoms with van der Waals surface area (Å²) < 4.78 is 0. The van der Waals surface area contributed by atoms with Crippen molar-refractivity contribution >= 4 is 34.6 Å². The number of aromatic nitrogens is 1. The van der Waals surface area contributed by atoms with E-state index in [0.29, 0.717) is 31.4 Å². The number of hydrogen-bond acceptors (Lipinski definition) is 6. The average Bonchev–Trinajstić information content (AvgIpc) is 3.53. The zero-order valence-corrected chi connectivity index (χ0v) is 20.6. The van der Waals surface area contributed by atoms with Gasteiger partial charge in [0.05, 0.1) is 12.6 Å². The van der Waals surface area contributed by atoms with Crippen LogP contribution < -0.4 is 16.4 Å². The Balaban J connectivity index is 1.65. The Hall–Kier alpha value is -3.44. The lowest BCUT2D eigenvalue weighted by atomic mass is 9.98. The molecule has 196 valence electrons. The van der Waals surface area contributed by atoms with E-state index in [1.807, 2.05) is 38.1 Å². The minimum absolute atomic E-state index is 0.00951. The lowest BCUT2D eigenvalue weighted by Crippen LogP contribution is -2.58. The summed E-state index contributed by atoms with van der Waals surface area (Å²) in [6.45, 7) is 3.45. The van der Waals surface area contributed by atoms with Crippen molar-refractivity contribution in [1.82, 2.24) is 20.5 Å². The molecule has 36 heavy (non-hydrogen) atoms. The first-order valence-corrected chi connectivity index (χ1v) is 12.2. The van der Waals surface area contributed by atoms with Gasteiger partial charge in [0.2, 0.25) is 17.7 Å². The minimum atomic E-state index is -1.37. The fraction of sp³-hybridized carbons (Fsp3) is 0.520. The number of aromatic amines is 1. The molecule has 0 bridgehead atoms. The maximum atomic E-state index is 13.0. The molecule has 0 spiro atoms. The molecule has 5 unspecified atom stereocenters. The van der Waals surface area contributed by atoms with E-state index in [4.69, 9.17) is 5.73 Å². The van der Waals surface area contributed by atoms with Crippen LogP contribution in [0.4, 0.5) is 0 Å². The molecule has 1 aliphatic rings. The molecule has 1 aromatic heterocycles. The van der Waals surface area contributed by atoms with Crippen molar-refractivity contribution in [3.05, 3.63) is 36.0 Å². The van der Waals surface area contributed by atoms with Crippen LogP contribution in [0.2, 0.25) is 0 Å². The van der Waals surface area contributed by atoms with Gasteiger partial charge in [-0.15, -0.1) is 0 Å². The average molecular weight is 502 g/mol. The number of aliphatic hydroxyl groups excluding tert-OH is 1. The number of fused-ring (bicyclic) bond motifs is 1. The van der Waals surface area contributed by atoms with E-state index in [1.54, 1.807) is 6.20 Å². The van der Waals surface area contributed by atoms with Gasteiger partial charge < -0.3 is 36.5 Å². The quantitative estimate of drug-likeness (QED) is 0.253. The fourth-order valence-electron chi connectivity index (χ4n) is 4.45. The van der Waals surface area contributed by atoms with Gasteiger partial charge in [-0.3, -0.25) is 14.4 Å². The Bertz CT molecular complexity index is 1100. The normalized spacial score (nSPS) is 18.9. The number of carboxylic acids is 1. The molecule has 2 aromatic rings. The predicted octanol–water partition coefficient (Wildman–Crippen LogP) is 0.121. The van der Waals surface area contributed by atoms with E-state index in [-0.39, 0.29) is 18.2 Å². The zero-order chi connectivity index (χ0) is 26.4. The van der Waals surface area contributed by atoms with Crippen LogP contribution in [-0.4, -0.2) is 81.1 Å². The standard InChI is InChI=1S/C25H35N5O6/c1-3-14(2)21(26)24(34)30-10-6-9-20(30)23(33)29-19(13-31)22(32)28-18(25(35)36)11-15-12-27-17-8-5-4-7-16(15)17/h4-5,7-8,12,14,18-21,27,31H,3,6,9-11,13,26H2,1-2H3,(H,28,32)(H,29,33)(H,35,36). The van der Waals surface area contributed by atoms with Crippen LogP contribution in [-0.2, 0) is 25.6 Å². The molecule has 0 radical (unpaired) electrons. The summed E-state index contributed by atoms with van der Waals surface area (Å²) in [7, 11) is 0. The summed E-state index contributed by atoms with van der Waals surface area (Å²) in [6, 6.07) is 3.20. The van der Waals surface area contributed by atoms with Crippen molar-refractivity contribution in [2.75, 3.05) is 13.2 Å². The summed E-state index contributed by atoms with van der Waals surface area (Å²) in [6.07, 6.45) is 3.43. The SMILES string of the molecule is CCC(C)C(N)C(=O)N1CCCC1C(=O)NC(CO)C(=O)NC(Cc1c[nH]c2ccccc12)C(=O)O. The number of benzene rings is 1. The maximum absolute atomic E-state index is 13.0. The van der Waals surface area contributed by atoms with Gasteiger partial charge in [-0.25, -0.2) is 4.79 Å². The first-order valence-electron chi connectivity index (χ1n) is 12.2. The van der Waals surface area contributed by atoms with Crippen LogP contribution in [0, 0.1) is 5.92 Å². The van der Waals surface area contributed by atoms with Crippen LogP contribution in [0.25, 0.3) is 10.9 Å². The van der Waals surface area contributed by atoms with E-state index in [9.17, 15) is 29.4 Å². The van der Waals surface area contributed by atoms with Crippen molar-refractivity contribution in [3.8, 4) is 0 Å². The number of para-hydroxylation sites is 1. The molecule has 11 heteroatoms. The van der Waals surface area contributed by atoms with E-state index >= 15 is 0 Å². The molecular weight excluding hydrogens is 466 g/mol.